The van der Waals surface area contributed by atoms with Crippen LogP contribution in [-0.2, 0) is 6.42 Å². The van der Waals surface area contributed by atoms with Crippen LogP contribution < -0.4 is 5.32 Å². The van der Waals surface area contributed by atoms with Crippen molar-refractivity contribution < 1.29 is 9.21 Å². The minimum atomic E-state index is -0.101. The van der Waals surface area contributed by atoms with E-state index in [4.69, 9.17) is 4.42 Å². The van der Waals surface area contributed by atoms with E-state index >= 15 is 0 Å². The van der Waals surface area contributed by atoms with E-state index in [2.05, 4.69) is 21.2 Å². The summed E-state index contributed by atoms with van der Waals surface area (Å²) in [6.45, 7) is 2.74. The fourth-order valence-corrected chi connectivity index (χ4v) is 3.00. The molecule has 1 amide bonds. The number of nitrogens with one attached hydrogen (secondary N) is 1. The van der Waals surface area contributed by atoms with E-state index < -0.39 is 0 Å². The van der Waals surface area contributed by atoms with E-state index in [9.17, 15) is 4.79 Å². The summed E-state index contributed by atoms with van der Waals surface area (Å²) in [4.78, 5) is 12.4. The van der Waals surface area contributed by atoms with Gasteiger partial charge in [0.2, 0.25) is 0 Å². The fourth-order valence-electron chi connectivity index (χ4n) is 2.22. The Morgan fingerprint density at radius 1 is 1.53 bits per heavy atom. The monoisotopic (exact) mass is 299 g/mol. The van der Waals surface area contributed by atoms with Gasteiger partial charge in [0.1, 0.15) is 5.76 Å². The van der Waals surface area contributed by atoms with Crippen molar-refractivity contribution >= 4 is 21.8 Å². The summed E-state index contributed by atoms with van der Waals surface area (Å²) >= 11 is 3.65. The largest absolute Gasteiger partial charge is 0.456 e. The number of alkyl halides is 1. The van der Waals surface area contributed by atoms with E-state index in [-0.39, 0.29) is 5.91 Å². The highest BCUT2D eigenvalue weighted by Crippen LogP contribution is 2.30. The lowest BCUT2D eigenvalue weighted by atomic mass is 10.1. The Labute approximate surface area is 110 Å². The Morgan fingerprint density at radius 2 is 2.35 bits per heavy atom. The van der Waals surface area contributed by atoms with Gasteiger partial charge in [0.15, 0.2) is 5.76 Å². The topological polar surface area (TPSA) is 42.2 Å². The molecule has 1 aliphatic rings. The van der Waals surface area contributed by atoms with Crippen LogP contribution in [0.3, 0.4) is 0 Å². The molecule has 1 aliphatic carbocycles. The average Bonchev–Trinajstić information content (AvgIpc) is 2.94. The number of hydrogen-bond acceptors (Lipinski definition) is 2. The van der Waals surface area contributed by atoms with Gasteiger partial charge in [-0.25, -0.2) is 0 Å². The SMILES string of the molecule is CCc1ccc(C(=O)NCC2CCCC2Br)o1. The summed E-state index contributed by atoms with van der Waals surface area (Å²) in [7, 11) is 0. The molecule has 1 heterocycles. The van der Waals surface area contributed by atoms with Gasteiger partial charge in [-0.3, -0.25) is 4.79 Å². The highest BCUT2D eigenvalue weighted by molar-refractivity contribution is 9.09. The molecule has 4 heteroatoms. The zero-order chi connectivity index (χ0) is 12.3. The molecule has 1 N–H and O–H groups in total. The van der Waals surface area contributed by atoms with Crippen LogP contribution in [-0.4, -0.2) is 17.3 Å². The zero-order valence-electron chi connectivity index (χ0n) is 10.0. The maximum atomic E-state index is 11.8. The highest BCUT2D eigenvalue weighted by atomic mass is 79.9. The number of carbonyl (C=O) groups is 1. The molecule has 1 aromatic heterocycles. The number of carbonyl (C=O) groups excluding carboxylic acids is 1. The molecular weight excluding hydrogens is 282 g/mol. The Bertz CT molecular complexity index is 389. The second kappa shape index (κ2) is 5.71. The van der Waals surface area contributed by atoms with Gasteiger partial charge >= 0.3 is 0 Å². The quantitative estimate of drug-likeness (QED) is 0.868. The Kier molecular flexibility index (Phi) is 4.26. The lowest BCUT2D eigenvalue weighted by molar-refractivity contribution is 0.0918. The van der Waals surface area contributed by atoms with Gasteiger partial charge in [-0.15, -0.1) is 0 Å². The fraction of sp³-hybridized carbons (Fsp3) is 0.615. The molecule has 0 spiro atoms. The average molecular weight is 300 g/mol. The van der Waals surface area contributed by atoms with Crippen LogP contribution in [0.25, 0.3) is 0 Å². The first-order valence-corrected chi connectivity index (χ1v) is 7.13. The molecule has 0 radical (unpaired) electrons. The van der Waals surface area contributed by atoms with Crippen LogP contribution in [0.5, 0.6) is 0 Å². The van der Waals surface area contributed by atoms with E-state index in [0.29, 0.717) is 16.5 Å². The summed E-state index contributed by atoms with van der Waals surface area (Å²) in [6, 6.07) is 3.60. The van der Waals surface area contributed by atoms with Gasteiger partial charge in [-0.2, -0.15) is 0 Å². The molecule has 0 aliphatic heterocycles. The van der Waals surface area contributed by atoms with Crippen LogP contribution in [0.4, 0.5) is 0 Å². The van der Waals surface area contributed by atoms with Crippen molar-refractivity contribution in [3.05, 3.63) is 23.7 Å². The molecule has 94 valence electrons. The summed E-state index contributed by atoms with van der Waals surface area (Å²) in [5.74, 6) is 1.73. The van der Waals surface area contributed by atoms with Crippen molar-refractivity contribution in [3.8, 4) is 0 Å². The van der Waals surface area contributed by atoms with Crippen molar-refractivity contribution in [2.24, 2.45) is 5.92 Å². The Balaban J connectivity index is 1.84. The molecule has 2 unspecified atom stereocenters. The Morgan fingerprint density at radius 3 is 2.94 bits per heavy atom. The molecular formula is C13H18BrNO2. The molecule has 17 heavy (non-hydrogen) atoms. The van der Waals surface area contributed by atoms with Crippen LogP contribution >= 0.6 is 15.9 Å². The molecule has 0 bridgehead atoms. The lowest BCUT2D eigenvalue weighted by Crippen LogP contribution is -2.30. The van der Waals surface area contributed by atoms with Gasteiger partial charge in [0.25, 0.3) is 5.91 Å². The number of hydrogen-bond donors (Lipinski definition) is 1. The van der Waals surface area contributed by atoms with Gasteiger partial charge in [0.05, 0.1) is 0 Å². The van der Waals surface area contributed by atoms with E-state index in [0.717, 1.165) is 18.7 Å². The van der Waals surface area contributed by atoms with Gasteiger partial charge in [-0.05, 0) is 30.9 Å². The Hall–Kier alpha value is -0.770. The first-order chi connectivity index (χ1) is 8.20. The predicted molar refractivity (Wildman–Crippen MR) is 70.5 cm³/mol. The third-order valence-corrected chi connectivity index (χ3v) is 4.53. The number of amides is 1. The number of halogens is 1. The van der Waals surface area contributed by atoms with E-state index in [1.165, 1.54) is 19.3 Å². The van der Waals surface area contributed by atoms with E-state index in [1.807, 2.05) is 13.0 Å². The van der Waals surface area contributed by atoms with Crippen LogP contribution in [0, 0.1) is 5.92 Å². The van der Waals surface area contributed by atoms with Crippen molar-refractivity contribution in [2.45, 2.75) is 37.4 Å². The van der Waals surface area contributed by atoms with Crippen molar-refractivity contribution in [1.82, 2.24) is 5.32 Å². The van der Waals surface area contributed by atoms with E-state index in [1.54, 1.807) is 6.07 Å². The minimum absolute atomic E-state index is 0.101. The maximum Gasteiger partial charge on any atom is 0.287 e. The first-order valence-electron chi connectivity index (χ1n) is 6.21. The number of rotatable bonds is 4. The highest BCUT2D eigenvalue weighted by Gasteiger charge is 2.25. The first kappa shape index (κ1) is 12.7. The minimum Gasteiger partial charge on any atom is -0.456 e. The van der Waals surface area contributed by atoms with Gasteiger partial charge < -0.3 is 9.73 Å². The third kappa shape index (κ3) is 3.12. The molecule has 2 rings (SSSR count). The molecule has 0 saturated heterocycles. The number of aryl methyl sites for hydroxylation is 1. The number of furan rings is 1. The molecule has 3 nitrogen and oxygen atoms in total. The van der Waals surface area contributed by atoms with Crippen molar-refractivity contribution in [2.75, 3.05) is 6.54 Å². The second-order valence-corrected chi connectivity index (χ2v) is 5.71. The third-order valence-electron chi connectivity index (χ3n) is 3.33. The smallest absolute Gasteiger partial charge is 0.287 e. The van der Waals surface area contributed by atoms with Gasteiger partial charge in [0, 0.05) is 17.8 Å². The van der Waals surface area contributed by atoms with Crippen molar-refractivity contribution in [1.29, 1.82) is 0 Å². The molecule has 1 aromatic rings. The normalized spacial score (nSPS) is 23.9. The molecule has 1 fully saturated rings. The zero-order valence-corrected chi connectivity index (χ0v) is 11.6. The summed E-state index contributed by atoms with van der Waals surface area (Å²) < 4.78 is 5.41. The van der Waals surface area contributed by atoms with Gasteiger partial charge in [-0.1, -0.05) is 29.3 Å². The summed E-state index contributed by atoms with van der Waals surface area (Å²) in [5.41, 5.74) is 0. The maximum absolute atomic E-state index is 11.8. The summed E-state index contributed by atoms with van der Waals surface area (Å²) in [5, 5.41) is 2.95. The van der Waals surface area contributed by atoms with Crippen molar-refractivity contribution in [3.63, 3.8) is 0 Å². The predicted octanol–water partition coefficient (Wildman–Crippen LogP) is 3.14. The van der Waals surface area contributed by atoms with Crippen LogP contribution in [0.15, 0.2) is 16.5 Å². The molecule has 2 atom stereocenters. The summed E-state index contributed by atoms with van der Waals surface area (Å²) in [6.07, 6.45) is 4.46. The van der Waals surface area contributed by atoms with Crippen LogP contribution in [0.2, 0.25) is 0 Å². The van der Waals surface area contributed by atoms with Crippen LogP contribution in [0.1, 0.15) is 42.5 Å². The molecule has 1 saturated carbocycles. The second-order valence-electron chi connectivity index (χ2n) is 4.54. The standard InChI is InChI=1S/C13H18BrNO2/c1-2-10-6-7-12(17-10)13(16)15-8-9-4-3-5-11(9)14/h6-7,9,11H,2-5,8H2,1H3,(H,15,16). The lowest BCUT2D eigenvalue weighted by Gasteiger charge is -2.13. The molecule has 0 aromatic carbocycles.